The van der Waals surface area contributed by atoms with Crippen molar-refractivity contribution in [2.45, 2.75) is 45.4 Å². The molecular weight excluding hydrogens is 334 g/mol. The summed E-state index contributed by atoms with van der Waals surface area (Å²) < 4.78 is 9.84. The fourth-order valence-corrected chi connectivity index (χ4v) is 4.01. The molecule has 1 aromatic rings. The van der Waals surface area contributed by atoms with E-state index in [1.807, 2.05) is 18.4 Å². The van der Waals surface area contributed by atoms with Crippen LogP contribution in [0.5, 0.6) is 0 Å². The van der Waals surface area contributed by atoms with Crippen LogP contribution in [0.25, 0.3) is 0 Å². The Morgan fingerprint density at radius 2 is 2.15 bits per heavy atom. The Morgan fingerprint density at radius 1 is 1.38 bits per heavy atom. The third kappa shape index (κ3) is 2.25. The molecule has 0 bridgehead atoms. The van der Waals surface area contributed by atoms with Gasteiger partial charge in [0.2, 0.25) is 11.9 Å². The average molecular weight is 358 g/mol. The van der Waals surface area contributed by atoms with Crippen LogP contribution in [0.3, 0.4) is 0 Å². The molecule has 1 aromatic heterocycles. The normalized spacial score (nSPS) is 24.8. The number of likely N-dealkylation sites (N-methyl/N-ethyl adjacent to an activating group) is 1. The fraction of sp³-hybridized carbons (Fsp3) is 0.556. The summed E-state index contributed by atoms with van der Waals surface area (Å²) in [7, 11) is 1.66. The molecular formula is C18H24N5O3+. The SMILES string of the molecule is C=CCN1C(=O)C2C(=Nc3n2c(C)c(C)[n+]3CC2CCCO2)N(C)C1=O. The lowest BCUT2D eigenvalue weighted by Crippen LogP contribution is -2.57. The largest absolute Gasteiger partial charge is 0.402 e. The van der Waals surface area contributed by atoms with E-state index in [0.29, 0.717) is 18.3 Å². The lowest BCUT2D eigenvalue weighted by molar-refractivity contribution is -0.695. The fourth-order valence-electron chi connectivity index (χ4n) is 4.01. The number of aromatic nitrogens is 2. The highest BCUT2D eigenvalue weighted by Gasteiger charge is 2.54. The molecule has 4 heterocycles. The first kappa shape index (κ1) is 17.0. The van der Waals surface area contributed by atoms with E-state index in [2.05, 4.69) is 11.1 Å². The van der Waals surface area contributed by atoms with E-state index in [9.17, 15) is 9.59 Å². The van der Waals surface area contributed by atoms with Crippen molar-refractivity contribution in [3.05, 3.63) is 24.0 Å². The topological polar surface area (TPSA) is 71.0 Å². The third-order valence-electron chi connectivity index (χ3n) is 5.55. The van der Waals surface area contributed by atoms with E-state index >= 15 is 0 Å². The Hall–Kier alpha value is -2.48. The molecule has 2 fully saturated rings. The number of nitrogens with zero attached hydrogens (tertiary/aromatic N) is 5. The number of hydrogen-bond donors (Lipinski definition) is 0. The van der Waals surface area contributed by atoms with E-state index in [-0.39, 0.29) is 24.6 Å². The molecule has 2 saturated heterocycles. The lowest BCUT2D eigenvalue weighted by Gasteiger charge is -2.32. The van der Waals surface area contributed by atoms with Gasteiger partial charge >= 0.3 is 12.0 Å². The highest BCUT2D eigenvalue weighted by molar-refractivity contribution is 6.20. The summed E-state index contributed by atoms with van der Waals surface area (Å²) in [6, 6.07) is -0.965. The summed E-state index contributed by atoms with van der Waals surface area (Å²) in [6.07, 6.45) is 3.83. The molecule has 3 amide bonds. The monoisotopic (exact) mass is 358 g/mol. The summed E-state index contributed by atoms with van der Waals surface area (Å²) in [5.41, 5.74) is 2.05. The number of ether oxygens (including phenoxy) is 1. The van der Waals surface area contributed by atoms with Gasteiger partial charge in [0, 0.05) is 20.2 Å². The molecule has 0 N–H and O–H groups in total. The zero-order valence-corrected chi connectivity index (χ0v) is 15.4. The zero-order chi connectivity index (χ0) is 18.6. The van der Waals surface area contributed by atoms with Gasteiger partial charge in [-0.15, -0.1) is 6.58 Å². The number of carbonyl (C=O) groups excluding carboxylic acids is 2. The van der Waals surface area contributed by atoms with Crippen LogP contribution in [-0.4, -0.2) is 58.4 Å². The highest BCUT2D eigenvalue weighted by Crippen LogP contribution is 2.35. The molecule has 138 valence electrons. The highest BCUT2D eigenvalue weighted by atomic mass is 16.5. The van der Waals surface area contributed by atoms with Crippen molar-refractivity contribution in [2.24, 2.45) is 4.99 Å². The number of carbonyl (C=O) groups is 2. The minimum absolute atomic E-state index is 0.167. The molecule has 0 aliphatic carbocycles. The molecule has 26 heavy (non-hydrogen) atoms. The lowest BCUT2D eigenvalue weighted by atomic mass is 10.1. The third-order valence-corrected chi connectivity index (χ3v) is 5.55. The number of imide groups is 1. The summed E-state index contributed by atoms with van der Waals surface area (Å²) in [5.74, 6) is 0.941. The quantitative estimate of drug-likeness (QED) is 0.600. The Balaban J connectivity index is 1.78. The van der Waals surface area contributed by atoms with Crippen molar-refractivity contribution < 1.29 is 18.9 Å². The predicted molar refractivity (Wildman–Crippen MR) is 94.3 cm³/mol. The standard InChI is InChI=1S/C18H24N5O3/c1-5-8-21-16(24)14-15(20(4)18(21)25)19-17-22(10-13-7-6-9-26-13)11(2)12(3)23(14)17/h5,13-14H,1,6-10H2,2-4H3/q+1. The van der Waals surface area contributed by atoms with Gasteiger partial charge in [-0.1, -0.05) is 11.1 Å². The Kier molecular flexibility index (Phi) is 3.95. The second-order valence-electron chi connectivity index (χ2n) is 7.04. The smallest absolute Gasteiger partial charge is 0.375 e. The van der Waals surface area contributed by atoms with Crippen LogP contribution >= 0.6 is 0 Å². The maximum atomic E-state index is 13.0. The van der Waals surface area contributed by atoms with Crippen LogP contribution < -0.4 is 4.57 Å². The van der Waals surface area contributed by atoms with E-state index < -0.39 is 6.04 Å². The van der Waals surface area contributed by atoms with Crippen molar-refractivity contribution in [1.29, 1.82) is 0 Å². The van der Waals surface area contributed by atoms with Crippen LogP contribution in [-0.2, 0) is 16.1 Å². The maximum Gasteiger partial charge on any atom is 0.402 e. The van der Waals surface area contributed by atoms with Crippen LogP contribution in [0, 0.1) is 13.8 Å². The van der Waals surface area contributed by atoms with E-state index in [4.69, 9.17) is 9.73 Å². The molecule has 4 rings (SSSR count). The van der Waals surface area contributed by atoms with Gasteiger partial charge in [0.25, 0.3) is 5.91 Å². The minimum atomic E-state index is -0.600. The Labute approximate surface area is 152 Å². The van der Waals surface area contributed by atoms with Crippen LogP contribution in [0.4, 0.5) is 10.7 Å². The molecule has 8 heteroatoms. The molecule has 3 aliphatic heterocycles. The molecule has 3 aliphatic rings. The van der Waals surface area contributed by atoms with E-state index in [1.165, 1.54) is 9.80 Å². The summed E-state index contributed by atoms with van der Waals surface area (Å²) in [5, 5.41) is 0. The van der Waals surface area contributed by atoms with Crippen LogP contribution in [0.1, 0.15) is 30.3 Å². The van der Waals surface area contributed by atoms with Gasteiger partial charge in [-0.25, -0.2) is 13.9 Å². The second kappa shape index (κ2) is 6.05. The number of fused-ring (bicyclic) bond motifs is 3. The van der Waals surface area contributed by atoms with Crippen molar-refractivity contribution in [3.8, 4) is 0 Å². The van der Waals surface area contributed by atoms with Gasteiger partial charge in [-0.2, -0.15) is 0 Å². The minimum Gasteiger partial charge on any atom is -0.375 e. The number of urea groups is 1. The molecule has 2 atom stereocenters. The number of amides is 3. The number of hydrogen-bond acceptors (Lipinski definition) is 4. The van der Waals surface area contributed by atoms with Crippen molar-refractivity contribution in [2.75, 3.05) is 20.2 Å². The molecule has 0 saturated carbocycles. The summed E-state index contributed by atoms with van der Waals surface area (Å²) >= 11 is 0. The molecule has 0 spiro atoms. The van der Waals surface area contributed by atoms with Crippen LogP contribution in [0.2, 0.25) is 0 Å². The molecule has 8 nitrogen and oxygen atoms in total. The van der Waals surface area contributed by atoms with Crippen LogP contribution in [0.15, 0.2) is 17.6 Å². The van der Waals surface area contributed by atoms with E-state index in [1.54, 1.807) is 13.1 Å². The van der Waals surface area contributed by atoms with Crippen molar-refractivity contribution in [3.63, 3.8) is 0 Å². The molecule has 0 aromatic carbocycles. The summed E-state index contributed by atoms with van der Waals surface area (Å²) in [4.78, 5) is 32.9. The van der Waals surface area contributed by atoms with Gasteiger partial charge in [0.15, 0.2) is 0 Å². The molecule has 2 unspecified atom stereocenters. The van der Waals surface area contributed by atoms with Gasteiger partial charge in [-0.05, 0) is 26.7 Å². The maximum absolute atomic E-state index is 13.0. The number of aliphatic imine (C=N–C) groups is 1. The Morgan fingerprint density at radius 3 is 2.81 bits per heavy atom. The zero-order valence-electron chi connectivity index (χ0n) is 15.4. The first-order valence-electron chi connectivity index (χ1n) is 8.97. The second-order valence-corrected chi connectivity index (χ2v) is 7.04. The molecule has 0 radical (unpaired) electrons. The van der Waals surface area contributed by atoms with Gasteiger partial charge < -0.3 is 4.74 Å². The van der Waals surface area contributed by atoms with Gasteiger partial charge in [-0.3, -0.25) is 14.6 Å². The van der Waals surface area contributed by atoms with Gasteiger partial charge in [0.1, 0.15) is 11.4 Å². The number of rotatable bonds is 4. The number of amidine groups is 1. The summed E-state index contributed by atoms with van der Waals surface area (Å²) in [6.45, 7) is 9.37. The van der Waals surface area contributed by atoms with E-state index in [0.717, 1.165) is 30.8 Å². The van der Waals surface area contributed by atoms with Crippen molar-refractivity contribution in [1.82, 2.24) is 14.4 Å². The Bertz CT molecular complexity index is 834. The van der Waals surface area contributed by atoms with Gasteiger partial charge in [0.05, 0.1) is 12.6 Å². The van der Waals surface area contributed by atoms with Crippen molar-refractivity contribution >= 4 is 23.7 Å². The first-order chi connectivity index (χ1) is 12.5. The first-order valence-corrected chi connectivity index (χ1v) is 8.97. The number of imidazole rings is 1. The average Bonchev–Trinajstić information content (AvgIpc) is 3.31. The predicted octanol–water partition coefficient (Wildman–Crippen LogP) is 1.24.